The Bertz CT molecular complexity index is 1220. The minimum atomic E-state index is -3.82. The van der Waals surface area contributed by atoms with E-state index >= 15 is 0 Å². The van der Waals surface area contributed by atoms with Gasteiger partial charge >= 0.3 is 0 Å². The van der Waals surface area contributed by atoms with Gasteiger partial charge in [-0.05, 0) is 49.1 Å². The van der Waals surface area contributed by atoms with Crippen LogP contribution in [-0.2, 0) is 23.1 Å². The van der Waals surface area contributed by atoms with Gasteiger partial charge in [0.15, 0.2) is 0 Å². The number of halogens is 1. The average molecular weight is 453 g/mol. The summed E-state index contributed by atoms with van der Waals surface area (Å²) in [5.74, 6) is -0.654. The zero-order valence-corrected chi connectivity index (χ0v) is 18.6. The molecule has 1 aliphatic carbocycles. The predicted molar refractivity (Wildman–Crippen MR) is 121 cm³/mol. The van der Waals surface area contributed by atoms with Gasteiger partial charge in [-0.25, -0.2) is 17.5 Å². The van der Waals surface area contributed by atoms with Gasteiger partial charge in [0.1, 0.15) is 5.82 Å². The van der Waals surface area contributed by atoms with E-state index in [-0.39, 0.29) is 41.3 Å². The van der Waals surface area contributed by atoms with Crippen molar-refractivity contribution < 1.29 is 17.6 Å². The first kappa shape index (κ1) is 22.2. The molecule has 0 radical (unpaired) electrons. The molecule has 1 aliphatic rings. The Morgan fingerprint density at radius 3 is 2.41 bits per heavy atom. The fourth-order valence-corrected chi connectivity index (χ4v) is 4.89. The summed E-state index contributed by atoms with van der Waals surface area (Å²) in [7, 11) is -3.82. The summed E-state index contributed by atoms with van der Waals surface area (Å²) in [6.45, 7) is 2.00. The van der Waals surface area contributed by atoms with Gasteiger partial charge in [-0.3, -0.25) is 4.79 Å². The third kappa shape index (κ3) is 5.06. The molecule has 1 N–H and O–H groups in total. The third-order valence-corrected chi connectivity index (χ3v) is 7.12. The van der Waals surface area contributed by atoms with Crippen LogP contribution >= 0.6 is 0 Å². The highest BCUT2D eigenvalue weighted by molar-refractivity contribution is 7.89. The van der Waals surface area contributed by atoms with Crippen molar-refractivity contribution in [2.24, 2.45) is 0 Å². The molecular weight excluding hydrogens is 427 g/mol. The molecular formula is C25H25FN2O3S. The van der Waals surface area contributed by atoms with Crippen LogP contribution < -0.4 is 4.72 Å². The van der Waals surface area contributed by atoms with Crippen molar-refractivity contribution in [3.8, 4) is 0 Å². The summed E-state index contributed by atoms with van der Waals surface area (Å²) in [5, 5.41) is 0. The predicted octanol–water partition coefficient (Wildman–Crippen LogP) is 4.42. The maximum absolute atomic E-state index is 14.2. The van der Waals surface area contributed by atoms with E-state index in [1.165, 1.54) is 12.1 Å². The monoisotopic (exact) mass is 452 g/mol. The molecule has 0 saturated heterocycles. The summed E-state index contributed by atoms with van der Waals surface area (Å²) in [5.41, 5.74) is 2.11. The molecule has 3 aromatic rings. The Morgan fingerprint density at radius 1 is 1.03 bits per heavy atom. The van der Waals surface area contributed by atoms with Crippen LogP contribution in [0.5, 0.6) is 0 Å². The largest absolute Gasteiger partial charge is 0.331 e. The van der Waals surface area contributed by atoms with E-state index in [2.05, 4.69) is 4.72 Å². The number of carbonyl (C=O) groups excluding carboxylic acids is 1. The van der Waals surface area contributed by atoms with E-state index in [1.807, 2.05) is 30.3 Å². The average Bonchev–Trinajstić information content (AvgIpc) is 3.63. The van der Waals surface area contributed by atoms with Crippen LogP contribution in [0.25, 0.3) is 0 Å². The van der Waals surface area contributed by atoms with Crippen molar-refractivity contribution in [2.45, 2.75) is 43.8 Å². The molecule has 0 aromatic heterocycles. The molecule has 166 valence electrons. The van der Waals surface area contributed by atoms with Gasteiger partial charge in [-0.2, -0.15) is 0 Å². The summed E-state index contributed by atoms with van der Waals surface area (Å²) in [6.07, 6.45) is 1.71. The summed E-state index contributed by atoms with van der Waals surface area (Å²) in [6, 6.07) is 20.3. The molecule has 0 aliphatic heterocycles. The fraction of sp³-hybridized carbons (Fsp3) is 0.240. The van der Waals surface area contributed by atoms with Crippen molar-refractivity contribution in [1.82, 2.24) is 9.62 Å². The number of hydrogen-bond donors (Lipinski definition) is 1. The highest BCUT2D eigenvalue weighted by Crippen LogP contribution is 2.31. The zero-order valence-electron chi connectivity index (χ0n) is 17.8. The second-order valence-electron chi connectivity index (χ2n) is 8.05. The first-order valence-electron chi connectivity index (χ1n) is 10.5. The maximum Gasteiger partial charge on any atom is 0.254 e. The highest BCUT2D eigenvalue weighted by Gasteiger charge is 2.34. The molecule has 0 bridgehead atoms. The number of rotatable bonds is 8. The number of carbonyl (C=O) groups is 1. The second kappa shape index (κ2) is 9.22. The topological polar surface area (TPSA) is 66.5 Å². The van der Waals surface area contributed by atoms with Crippen molar-refractivity contribution >= 4 is 15.9 Å². The first-order chi connectivity index (χ1) is 15.3. The number of sulfonamides is 1. The van der Waals surface area contributed by atoms with Crippen molar-refractivity contribution in [1.29, 1.82) is 0 Å². The van der Waals surface area contributed by atoms with Gasteiger partial charge in [-0.15, -0.1) is 0 Å². The van der Waals surface area contributed by atoms with Crippen LogP contribution in [0, 0.1) is 12.7 Å². The summed E-state index contributed by atoms with van der Waals surface area (Å²) in [4.78, 5) is 15.0. The van der Waals surface area contributed by atoms with Crippen LogP contribution in [0.1, 0.15) is 39.9 Å². The summed E-state index contributed by atoms with van der Waals surface area (Å²) < 4.78 is 42.7. The Morgan fingerprint density at radius 2 is 1.72 bits per heavy atom. The molecule has 0 spiro atoms. The Hall–Kier alpha value is -3.03. The van der Waals surface area contributed by atoms with Crippen LogP contribution in [0.4, 0.5) is 4.39 Å². The minimum Gasteiger partial charge on any atom is -0.331 e. The molecule has 1 amide bonds. The molecule has 1 fully saturated rings. The smallest absolute Gasteiger partial charge is 0.254 e. The van der Waals surface area contributed by atoms with E-state index in [4.69, 9.17) is 0 Å². The fourth-order valence-electron chi connectivity index (χ4n) is 3.60. The quantitative estimate of drug-likeness (QED) is 0.550. The van der Waals surface area contributed by atoms with Crippen LogP contribution in [0.15, 0.2) is 77.7 Å². The van der Waals surface area contributed by atoms with E-state index < -0.39 is 10.0 Å². The van der Waals surface area contributed by atoms with E-state index in [1.54, 1.807) is 42.2 Å². The SMILES string of the molecule is Cc1ccc(C(=O)N(Cc2ccccc2F)C2CC2)cc1S(=O)(=O)NCc1ccccc1. The van der Waals surface area contributed by atoms with Crippen LogP contribution in [0.2, 0.25) is 0 Å². The first-order valence-corrected chi connectivity index (χ1v) is 12.0. The number of nitrogens with zero attached hydrogens (tertiary/aromatic N) is 1. The van der Waals surface area contributed by atoms with Gasteiger partial charge < -0.3 is 4.90 Å². The Labute approximate surface area is 187 Å². The lowest BCUT2D eigenvalue weighted by Gasteiger charge is -2.23. The molecule has 4 rings (SSSR count). The van der Waals surface area contributed by atoms with Gasteiger partial charge in [0, 0.05) is 30.3 Å². The number of aryl methyl sites for hydroxylation is 1. The molecule has 5 nitrogen and oxygen atoms in total. The number of amides is 1. The number of nitrogens with one attached hydrogen (secondary N) is 1. The van der Waals surface area contributed by atoms with Crippen molar-refractivity contribution in [3.05, 3.63) is 101 Å². The molecule has 32 heavy (non-hydrogen) atoms. The standard InChI is InChI=1S/C25H25FN2O3S/c1-18-11-12-20(15-24(18)32(30,31)27-16-19-7-3-2-4-8-19)25(29)28(22-13-14-22)17-21-9-5-6-10-23(21)26/h2-12,15,22,27H,13-14,16-17H2,1H3. The van der Waals surface area contributed by atoms with Crippen molar-refractivity contribution in [2.75, 3.05) is 0 Å². The van der Waals surface area contributed by atoms with Crippen molar-refractivity contribution in [3.63, 3.8) is 0 Å². The van der Waals surface area contributed by atoms with Crippen LogP contribution in [-0.4, -0.2) is 25.3 Å². The van der Waals surface area contributed by atoms with Gasteiger partial charge in [0.2, 0.25) is 10.0 Å². The lowest BCUT2D eigenvalue weighted by molar-refractivity contribution is 0.0728. The third-order valence-electron chi connectivity index (χ3n) is 5.58. The lowest BCUT2D eigenvalue weighted by atomic mass is 10.1. The number of hydrogen-bond acceptors (Lipinski definition) is 3. The van der Waals surface area contributed by atoms with E-state index in [0.717, 1.165) is 18.4 Å². The molecule has 7 heteroatoms. The maximum atomic E-state index is 14.2. The zero-order chi connectivity index (χ0) is 22.7. The molecule has 1 saturated carbocycles. The molecule has 3 aromatic carbocycles. The van der Waals surface area contributed by atoms with Crippen LogP contribution in [0.3, 0.4) is 0 Å². The lowest BCUT2D eigenvalue weighted by Crippen LogP contribution is -2.33. The molecule has 0 heterocycles. The Balaban J connectivity index is 1.58. The van der Waals surface area contributed by atoms with Gasteiger partial charge in [0.05, 0.1) is 4.90 Å². The minimum absolute atomic E-state index is 0.0414. The highest BCUT2D eigenvalue weighted by atomic mass is 32.2. The van der Waals surface area contributed by atoms with Gasteiger partial charge in [0.25, 0.3) is 5.91 Å². The van der Waals surface area contributed by atoms with E-state index in [9.17, 15) is 17.6 Å². The summed E-state index contributed by atoms with van der Waals surface area (Å²) >= 11 is 0. The van der Waals surface area contributed by atoms with E-state index in [0.29, 0.717) is 11.1 Å². The van der Waals surface area contributed by atoms with Gasteiger partial charge in [-0.1, -0.05) is 54.6 Å². The normalized spacial score (nSPS) is 13.7. The molecule has 0 unspecified atom stereocenters. The molecule has 0 atom stereocenters. The Kier molecular flexibility index (Phi) is 6.39. The second-order valence-corrected chi connectivity index (χ2v) is 9.78. The number of benzene rings is 3.